The van der Waals surface area contributed by atoms with Crippen LogP contribution in [-0.4, -0.2) is 65.6 Å². The number of hydrogen-bond donors (Lipinski definition) is 0. The molecule has 0 radical (unpaired) electrons. The minimum atomic E-state index is -0.675. The number of likely N-dealkylation sites (N-methyl/N-ethyl adjacent to an activating group) is 1. The van der Waals surface area contributed by atoms with E-state index in [0.717, 1.165) is 30.7 Å². The second-order valence-electron chi connectivity index (χ2n) is 11.6. The Bertz CT molecular complexity index is 1240. The minimum absolute atomic E-state index is 0.0312. The van der Waals surface area contributed by atoms with Crippen molar-refractivity contribution >= 4 is 18.0 Å². The quantitative estimate of drug-likeness (QED) is 0.434. The summed E-state index contributed by atoms with van der Waals surface area (Å²) in [4.78, 5) is 30.7. The summed E-state index contributed by atoms with van der Waals surface area (Å²) in [5, 5.41) is 0. The van der Waals surface area contributed by atoms with Gasteiger partial charge in [0.25, 0.3) is 0 Å². The summed E-state index contributed by atoms with van der Waals surface area (Å²) >= 11 is 0. The first-order valence-electron chi connectivity index (χ1n) is 13.5. The van der Waals surface area contributed by atoms with Crippen molar-refractivity contribution in [2.75, 3.05) is 20.1 Å². The normalized spacial score (nSPS) is 31.8. The zero-order valence-corrected chi connectivity index (χ0v) is 22.1. The molecule has 37 heavy (non-hydrogen) atoms. The number of furan rings is 1. The zero-order valence-electron chi connectivity index (χ0n) is 22.1. The molecule has 6 rings (SSSR count). The molecule has 5 atom stereocenters. The molecule has 1 saturated heterocycles. The molecule has 2 fully saturated rings. The molecule has 3 heterocycles. The number of piperidine rings is 1. The van der Waals surface area contributed by atoms with Crippen LogP contribution in [0.2, 0.25) is 0 Å². The smallest absolute Gasteiger partial charge is 0.303 e. The number of amides is 1. The van der Waals surface area contributed by atoms with Gasteiger partial charge in [0, 0.05) is 30.7 Å². The largest absolute Gasteiger partial charge is 0.487 e. The molecule has 1 spiro atoms. The van der Waals surface area contributed by atoms with Crippen molar-refractivity contribution in [2.45, 2.75) is 75.7 Å². The predicted octanol–water partition coefficient (Wildman–Crippen LogP) is 4.20. The Hall–Kier alpha value is -3.06. The summed E-state index contributed by atoms with van der Waals surface area (Å²) in [6.07, 6.45) is 9.47. The van der Waals surface area contributed by atoms with Gasteiger partial charge in [-0.2, -0.15) is 0 Å². The van der Waals surface area contributed by atoms with Gasteiger partial charge in [-0.05, 0) is 69.0 Å². The standard InChI is InChI=1S/C30H36N2O5/c1-19(2)17-32(26(34)9-8-21-11-15-35-18-21)23-10-12-30(37-20(3)33)25-16-22-6-5-7-24-27(22)29(30,28(23)36-24)13-14-31(25)4/h5-9,11,15,18-19,23,25,28H,10,12-14,16-17H2,1-4H3/b9-8+/t23-,25+,28-,29-,30+/m0/s1. The van der Waals surface area contributed by atoms with Crippen LogP contribution in [0.3, 0.4) is 0 Å². The van der Waals surface area contributed by atoms with Crippen molar-refractivity contribution in [3.05, 3.63) is 59.6 Å². The maximum absolute atomic E-state index is 13.7. The van der Waals surface area contributed by atoms with Crippen LogP contribution < -0.4 is 4.74 Å². The van der Waals surface area contributed by atoms with Gasteiger partial charge in [0.05, 0.1) is 30.0 Å². The number of carbonyl (C=O) groups excluding carboxylic acids is 2. The fourth-order valence-corrected chi connectivity index (χ4v) is 7.86. The molecule has 0 N–H and O–H groups in total. The number of carbonyl (C=O) groups is 2. The van der Waals surface area contributed by atoms with Crippen LogP contribution in [-0.2, 0) is 26.2 Å². The molecule has 2 aliphatic heterocycles. The lowest BCUT2D eigenvalue weighted by Gasteiger charge is -2.65. The van der Waals surface area contributed by atoms with Gasteiger partial charge in [0.2, 0.25) is 5.91 Å². The number of nitrogens with zero attached hydrogens (tertiary/aromatic N) is 2. The Morgan fingerprint density at radius 3 is 2.84 bits per heavy atom. The molecule has 2 aromatic rings. The van der Waals surface area contributed by atoms with E-state index >= 15 is 0 Å². The van der Waals surface area contributed by atoms with Crippen LogP contribution >= 0.6 is 0 Å². The van der Waals surface area contributed by atoms with Gasteiger partial charge >= 0.3 is 5.97 Å². The Morgan fingerprint density at radius 2 is 2.11 bits per heavy atom. The predicted molar refractivity (Wildman–Crippen MR) is 139 cm³/mol. The number of esters is 1. The minimum Gasteiger partial charge on any atom is -0.487 e. The molecular weight excluding hydrogens is 468 g/mol. The van der Waals surface area contributed by atoms with Crippen molar-refractivity contribution in [1.82, 2.24) is 9.80 Å². The van der Waals surface area contributed by atoms with E-state index in [2.05, 4.69) is 37.9 Å². The summed E-state index contributed by atoms with van der Waals surface area (Å²) in [5.74, 6) is 0.902. The van der Waals surface area contributed by atoms with Crippen LogP contribution in [0.5, 0.6) is 5.75 Å². The van der Waals surface area contributed by atoms with Gasteiger partial charge in [0.1, 0.15) is 17.5 Å². The summed E-state index contributed by atoms with van der Waals surface area (Å²) in [7, 11) is 2.14. The molecule has 4 aliphatic rings. The van der Waals surface area contributed by atoms with E-state index in [0.29, 0.717) is 25.3 Å². The topological polar surface area (TPSA) is 72.2 Å². The van der Waals surface area contributed by atoms with Gasteiger partial charge in [0.15, 0.2) is 0 Å². The van der Waals surface area contributed by atoms with Gasteiger partial charge < -0.3 is 18.8 Å². The first kappa shape index (κ1) is 24.3. The lowest BCUT2D eigenvalue weighted by atomic mass is 9.48. The molecule has 196 valence electrons. The summed E-state index contributed by atoms with van der Waals surface area (Å²) in [6, 6.07) is 8.10. The summed E-state index contributed by atoms with van der Waals surface area (Å²) in [6.45, 7) is 7.32. The highest BCUT2D eigenvalue weighted by molar-refractivity contribution is 5.92. The summed E-state index contributed by atoms with van der Waals surface area (Å²) in [5.41, 5.74) is 2.19. The SMILES string of the molecule is CC(=O)O[C@@]12CC[C@H](N(CC(C)C)C(=O)/C=C/c3ccoc3)[C@@H]3Oc4cccc5c4[C@@]31CCN(C)[C@@H]2C5. The molecule has 7 heteroatoms. The van der Waals surface area contributed by atoms with Crippen molar-refractivity contribution in [3.63, 3.8) is 0 Å². The molecular formula is C30H36N2O5. The average Bonchev–Trinajstić information content (AvgIpc) is 3.49. The van der Waals surface area contributed by atoms with Crippen molar-refractivity contribution in [1.29, 1.82) is 0 Å². The molecule has 0 unspecified atom stereocenters. The van der Waals surface area contributed by atoms with E-state index in [1.807, 2.05) is 17.0 Å². The highest BCUT2D eigenvalue weighted by atomic mass is 16.6. The van der Waals surface area contributed by atoms with Gasteiger partial charge in [-0.15, -0.1) is 0 Å². The van der Waals surface area contributed by atoms with Crippen LogP contribution in [0.1, 0.15) is 56.7 Å². The third kappa shape index (κ3) is 3.50. The van der Waals surface area contributed by atoms with Gasteiger partial charge in [-0.3, -0.25) is 14.5 Å². The van der Waals surface area contributed by atoms with Crippen LogP contribution in [0.25, 0.3) is 6.08 Å². The Kier molecular flexibility index (Phi) is 5.75. The molecule has 7 nitrogen and oxygen atoms in total. The van der Waals surface area contributed by atoms with Crippen LogP contribution in [0, 0.1) is 5.92 Å². The maximum Gasteiger partial charge on any atom is 0.303 e. The number of benzene rings is 1. The number of rotatable bonds is 6. The first-order valence-corrected chi connectivity index (χ1v) is 13.5. The summed E-state index contributed by atoms with van der Waals surface area (Å²) < 4.78 is 18.5. The average molecular weight is 505 g/mol. The number of ether oxygens (including phenoxy) is 2. The highest BCUT2D eigenvalue weighted by Gasteiger charge is 2.75. The van der Waals surface area contributed by atoms with E-state index in [1.54, 1.807) is 24.7 Å². The fraction of sp³-hybridized carbons (Fsp3) is 0.533. The van der Waals surface area contributed by atoms with Crippen molar-refractivity contribution in [3.8, 4) is 5.75 Å². The van der Waals surface area contributed by atoms with E-state index < -0.39 is 11.0 Å². The molecule has 1 aromatic carbocycles. The zero-order chi connectivity index (χ0) is 25.9. The van der Waals surface area contributed by atoms with Crippen LogP contribution in [0.4, 0.5) is 0 Å². The lowest BCUT2D eigenvalue weighted by molar-refractivity contribution is -0.221. The molecule has 1 amide bonds. The van der Waals surface area contributed by atoms with Crippen molar-refractivity contribution in [2.24, 2.45) is 5.92 Å². The molecule has 1 aromatic heterocycles. The van der Waals surface area contributed by atoms with Crippen LogP contribution in [0.15, 0.2) is 47.3 Å². The van der Waals surface area contributed by atoms with E-state index in [9.17, 15) is 9.59 Å². The van der Waals surface area contributed by atoms with Gasteiger partial charge in [-0.1, -0.05) is 26.0 Å². The lowest BCUT2D eigenvalue weighted by Crippen LogP contribution is -2.79. The molecule has 1 saturated carbocycles. The Morgan fingerprint density at radius 1 is 1.27 bits per heavy atom. The molecule has 2 aliphatic carbocycles. The molecule has 2 bridgehead atoms. The first-order chi connectivity index (χ1) is 17.8. The monoisotopic (exact) mass is 504 g/mol. The van der Waals surface area contributed by atoms with Crippen molar-refractivity contribution < 1.29 is 23.5 Å². The fourth-order valence-electron chi connectivity index (χ4n) is 7.86. The van der Waals surface area contributed by atoms with E-state index in [-0.39, 0.29) is 30.1 Å². The second-order valence-corrected chi connectivity index (χ2v) is 11.6. The number of hydrogen-bond acceptors (Lipinski definition) is 6. The van der Waals surface area contributed by atoms with E-state index in [4.69, 9.17) is 13.9 Å². The van der Waals surface area contributed by atoms with Gasteiger partial charge in [-0.25, -0.2) is 0 Å². The third-order valence-corrected chi connectivity index (χ3v) is 9.09. The second kappa shape index (κ2) is 8.76. The highest BCUT2D eigenvalue weighted by Crippen LogP contribution is 2.65. The maximum atomic E-state index is 13.7. The Labute approximate surface area is 218 Å². The van der Waals surface area contributed by atoms with E-state index in [1.165, 1.54) is 18.1 Å². The third-order valence-electron chi connectivity index (χ3n) is 9.09. The number of likely N-dealkylation sites (tertiary alicyclic amines) is 1. The Balaban J connectivity index is 1.46.